The van der Waals surface area contributed by atoms with Crippen molar-refractivity contribution >= 4 is 23.5 Å². The van der Waals surface area contributed by atoms with Crippen molar-refractivity contribution < 1.29 is 19.1 Å². The third-order valence-electron chi connectivity index (χ3n) is 4.27. The number of rotatable bonds is 6. The Kier molecular flexibility index (Phi) is 6.71. The fraction of sp³-hybridized carbons (Fsp3) is 0.286. The number of hydrogen-bond acceptors (Lipinski definition) is 4. The first-order chi connectivity index (χ1) is 12.8. The van der Waals surface area contributed by atoms with Crippen LogP contribution in [-0.2, 0) is 14.3 Å². The summed E-state index contributed by atoms with van der Waals surface area (Å²) >= 11 is 0. The van der Waals surface area contributed by atoms with Crippen LogP contribution in [0.25, 0.3) is 0 Å². The van der Waals surface area contributed by atoms with Gasteiger partial charge in [0, 0.05) is 5.69 Å². The second-order valence-electron chi connectivity index (χ2n) is 6.47. The SMILES string of the molecule is Cc1ccc(C(=O)OCC(=O)NCC(=O)Nc2c(C)cccc2C)cc1C. The first-order valence-electron chi connectivity index (χ1n) is 8.65. The van der Waals surface area contributed by atoms with E-state index in [0.717, 1.165) is 27.9 Å². The molecule has 2 N–H and O–H groups in total. The maximum atomic E-state index is 12.0. The Labute approximate surface area is 158 Å². The van der Waals surface area contributed by atoms with Gasteiger partial charge in [-0.3, -0.25) is 9.59 Å². The Morgan fingerprint density at radius 2 is 1.52 bits per heavy atom. The molecule has 0 aliphatic heterocycles. The molecule has 0 heterocycles. The average molecular weight is 368 g/mol. The van der Waals surface area contributed by atoms with Crippen molar-refractivity contribution in [1.29, 1.82) is 0 Å². The van der Waals surface area contributed by atoms with Gasteiger partial charge in [-0.25, -0.2) is 4.79 Å². The quantitative estimate of drug-likeness (QED) is 0.768. The lowest BCUT2D eigenvalue weighted by atomic mass is 10.1. The van der Waals surface area contributed by atoms with Crippen LogP contribution in [-0.4, -0.2) is 30.9 Å². The van der Waals surface area contributed by atoms with Gasteiger partial charge < -0.3 is 15.4 Å². The molecule has 0 aliphatic rings. The fourth-order valence-electron chi connectivity index (χ4n) is 2.51. The van der Waals surface area contributed by atoms with Crippen LogP contribution in [0, 0.1) is 27.7 Å². The molecular weight excluding hydrogens is 344 g/mol. The fourth-order valence-corrected chi connectivity index (χ4v) is 2.51. The normalized spacial score (nSPS) is 10.2. The highest BCUT2D eigenvalue weighted by Crippen LogP contribution is 2.19. The summed E-state index contributed by atoms with van der Waals surface area (Å²) in [7, 11) is 0. The molecule has 0 radical (unpaired) electrons. The maximum Gasteiger partial charge on any atom is 0.338 e. The second kappa shape index (κ2) is 8.98. The van der Waals surface area contributed by atoms with E-state index in [9.17, 15) is 14.4 Å². The van der Waals surface area contributed by atoms with Gasteiger partial charge in [-0.2, -0.15) is 0 Å². The largest absolute Gasteiger partial charge is 0.452 e. The van der Waals surface area contributed by atoms with E-state index >= 15 is 0 Å². The zero-order valence-corrected chi connectivity index (χ0v) is 16.0. The first kappa shape index (κ1) is 20.2. The minimum Gasteiger partial charge on any atom is -0.452 e. The summed E-state index contributed by atoms with van der Waals surface area (Å²) in [6.45, 7) is 6.99. The molecule has 0 atom stereocenters. The van der Waals surface area contributed by atoms with Gasteiger partial charge in [-0.05, 0) is 62.1 Å². The second-order valence-corrected chi connectivity index (χ2v) is 6.47. The number of esters is 1. The van der Waals surface area contributed by atoms with E-state index in [-0.39, 0.29) is 12.5 Å². The standard InChI is InChI=1S/C21H24N2O4/c1-13-8-9-17(10-16(13)4)21(26)27-12-19(25)22-11-18(24)23-20-14(2)6-5-7-15(20)3/h5-10H,11-12H2,1-4H3,(H,22,25)(H,23,24). The van der Waals surface area contributed by atoms with Crippen LogP contribution in [0.4, 0.5) is 5.69 Å². The van der Waals surface area contributed by atoms with E-state index in [0.29, 0.717) is 5.56 Å². The summed E-state index contributed by atoms with van der Waals surface area (Å²) < 4.78 is 4.99. The van der Waals surface area contributed by atoms with Crippen LogP contribution in [0.5, 0.6) is 0 Å². The highest BCUT2D eigenvalue weighted by atomic mass is 16.5. The summed E-state index contributed by atoms with van der Waals surface area (Å²) in [5.74, 6) is -1.46. The van der Waals surface area contributed by atoms with Gasteiger partial charge in [0.1, 0.15) is 0 Å². The molecule has 2 aromatic carbocycles. The molecular formula is C21H24N2O4. The number of para-hydroxylation sites is 1. The monoisotopic (exact) mass is 368 g/mol. The lowest BCUT2D eigenvalue weighted by Crippen LogP contribution is -2.35. The average Bonchev–Trinajstić information content (AvgIpc) is 2.63. The smallest absolute Gasteiger partial charge is 0.338 e. The first-order valence-corrected chi connectivity index (χ1v) is 8.65. The van der Waals surface area contributed by atoms with Gasteiger partial charge in [-0.1, -0.05) is 24.3 Å². The van der Waals surface area contributed by atoms with Gasteiger partial charge in [0.2, 0.25) is 5.91 Å². The lowest BCUT2D eigenvalue weighted by molar-refractivity contribution is -0.126. The van der Waals surface area contributed by atoms with Crippen LogP contribution in [0.3, 0.4) is 0 Å². The molecule has 6 nitrogen and oxygen atoms in total. The van der Waals surface area contributed by atoms with Crippen LogP contribution in [0.1, 0.15) is 32.6 Å². The number of carbonyl (C=O) groups is 3. The van der Waals surface area contributed by atoms with Crippen molar-refractivity contribution in [1.82, 2.24) is 5.32 Å². The minimum absolute atomic E-state index is 0.201. The Morgan fingerprint density at radius 3 is 2.15 bits per heavy atom. The summed E-state index contributed by atoms with van der Waals surface area (Å²) in [6.07, 6.45) is 0. The number of carbonyl (C=O) groups excluding carboxylic acids is 3. The molecule has 0 spiro atoms. The Balaban J connectivity index is 1.79. The number of aryl methyl sites for hydroxylation is 4. The predicted octanol–water partition coefficient (Wildman–Crippen LogP) is 2.83. The number of benzene rings is 2. The number of nitrogens with one attached hydrogen (secondary N) is 2. The summed E-state index contributed by atoms with van der Waals surface area (Å²) in [5, 5.41) is 5.22. The number of anilines is 1. The highest BCUT2D eigenvalue weighted by molar-refractivity contribution is 5.96. The van der Waals surface area contributed by atoms with Crippen molar-refractivity contribution in [3.63, 3.8) is 0 Å². The van der Waals surface area contributed by atoms with Crippen molar-refractivity contribution in [3.8, 4) is 0 Å². The van der Waals surface area contributed by atoms with Crippen molar-refractivity contribution in [3.05, 3.63) is 64.2 Å². The van der Waals surface area contributed by atoms with Crippen molar-refractivity contribution in [2.24, 2.45) is 0 Å². The molecule has 2 amide bonds. The van der Waals surface area contributed by atoms with Crippen LogP contribution >= 0.6 is 0 Å². The lowest BCUT2D eigenvalue weighted by Gasteiger charge is -2.12. The van der Waals surface area contributed by atoms with E-state index in [1.54, 1.807) is 12.1 Å². The number of ether oxygens (including phenoxy) is 1. The molecule has 27 heavy (non-hydrogen) atoms. The molecule has 0 bridgehead atoms. The zero-order valence-electron chi connectivity index (χ0n) is 16.0. The highest BCUT2D eigenvalue weighted by Gasteiger charge is 2.12. The Morgan fingerprint density at radius 1 is 0.852 bits per heavy atom. The molecule has 6 heteroatoms. The van der Waals surface area contributed by atoms with Crippen LogP contribution in [0.15, 0.2) is 36.4 Å². The third kappa shape index (κ3) is 5.67. The summed E-state index contributed by atoms with van der Waals surface area (Å²) in [4.78, 5) is 35.8. The molecule has 0 saturated heterocycles. The van der Waals surface area contributed by atoms with Gasteiger partial charge in [0.25, 0.3) is 5.91 Å². The van der Waals surface area contributed by atoms with Crippen molar-refractivity contribution in [2.75, 3.05) is 18.5 Å². The van der Waals surface area contributed by atoms with Gasteiger partial charge >= 0.3 is 5.97 Å². The Hall–Kier alpha value is -3.15. The molecule has 0 saturated carbocycles. The number of hydrogen-bond donors (Lipinski definition) is 2. The van der Waals surface area contributed by atoms with E-state index < -0.39 is 18.5 Å². The Bertz CT molecular complexity index is 854. The third-order valence-corrected chi connectivity index (χ3v) is 4.27. The molecule has 142 valence electrons. The van der Waals surface area contributed by atoms with E-state index in [4.69, 9.17) is 4.74 Å². The molecule has 2 rings (SSSR count). The van der Waals surface area contributed by atoms with E-state index in [2.05, 4.69) is 10.6 Å². The van der Waals surface area contributed by atoms with Gasteiger partial charge in [0.15, 0.2) is 6.61 Å². The topological polar surface area (TPSA) is 84.5 Å². The molecule has 0 aliphatic carbocycles. The predicted molar refractivity (Wildman–Crippen MR) is 104 cm³/mol. The number of amides is 2. The summed E-state index contributed by atoms with van der Waals surface area (Å²) in [6, 6.07) is 10.9. The van der Waals surface area contributed by atoms with Crippen molar-refractivity contribution in [2.45, 2.75) is 27.7 Å². The zero-order chi connectivity index (χ0) is 20.0. The van der Waals surface area contributed by atoms with E-state index in [1.807, 2.05) is 52.0 Å². The molecule has 0 fully saturated rings. The van der Waals surface area contributed by atoms with Gasteiger partial charge in [-0.15, -0.1) is 0 Å². The van der Waals surface area contributed by atoms with E-state index in [1.165, 1.54) is 0 Å². The molecule has 0 aromatic heterocycles. The molecule has 2 aromatic rings. The van der Waals surface area contributed by atoms with Crippen LogP contribution < -0.4 is 10.6 Å². The maximum absolute atomic E-state index is 12.0. The van der Waals surface area contributed by atoms with Crippen LogP contribution in [0.2, 0.25) is 0 Å². The molecule has 0 unspecified atom stereocenters. The minimum atomic E-state index is -0.576. The van der Waals surface area contributed by atoms with Gasteiger partial charge in [0.05, 0.1) is 12.1 Å². The summed E-state index contributed by atoms with van der Waals surface area (Å²) in [5.41, 5.74) is 5.04.